The molecule has 0 radical (unpaired) electrons. The Balaban J connectivity index is 2.46. The van der Waals surface area contributed by atoms with E-state index in [1.165, 1.54) is 0 Å². The number of benzene rings is 1. The molecule has 0 aliphatic rings. The van der Waals surface area contributed by atoms with Gasteiger partial charge in [-0.05, 0) is 36.5 Å². The second-order valence-corrected chi connectivity index (χ2v) is 6.98. The maximum Gasteiger partial charge on any atom is 0.326 e. The Hall–Kier alpha value is -2.08. The molecule has 2 atom stereocenters. The van der Waals surface area contributed by atoms with Gasteiger partial charge in [-0.25, -0.2) is 4.79 Å². The molecule has 6 nitrogen and oxygen atoms in total. The monoisotopic (exact) mass is 368 g/mol. The Labute approximate surface area is 152 Å². The zero-order valence-corrected chi connectivity index (χ0v) is 15.5. The first-order valence-electron chi connectivity index (χ1n) is 8.23. The van der Waals surface area contributed by atoms with E-state index in [1.807, 2.05) is 26.0 Å². The Kier molecular flexibility index (Phi) is 8.41. The van der Waals surface area contributed by atoms with Gasteiger partial charge in [0.25, 0.3) is 0 Å². The van der Waals surface area contributed by atoms with Gasteiger partial charge in [-0.1, -0.05) is 44.5 Å². The van der Waals surface area contributed by atoms with Gasteiger partial charge in [0.1, 0.15) is 6.04 Å². The summed E-state index contributed by atoms with van der Waals surface area (Å²) in [5, 5.41) is 14.7. The Morgan fingerprint density at radius 3 is 2.44 bits per heavy atom. The lowest BCUT2D eigenvalue weighted by Gasteiger charge is -2.17. The zero-order chi connectivity index (χ0) is 19.0. The summed E-state index contributed by atoms with van der Waals surface area (Å²) < 4.78 is 0. The summed E-state index contributed by atoms with van der Waals surface area (Å²) in [6.07, 6.45) is 0.833. The molecule has 0 aromatic heterocycles. The van der Waals surface area contributed by atoms with Gasteiger partial charge < -0.3 is 15.7 Å². The van der Waals surface area contributed by atoms with E-state index in [2.05, 4.69) is 10.6 Å². The van der Waals surface area contributed by atoms with Gasteiger partial charge in [0, 0.05) is 10.9 Å². The minimum absolute atomic E-state index is 0.133. The van der Waals surface area contributed by atoms with Crippen molar-refractivity contribution >= 4 is 29.4 Å². The molecule has 0 aliphatic carbocycles. The van der Waals surface area contributed by atoms with E-state index < -0.39 is 17.9 Å². The van der Waals surface area contributed by atoms with Crippen LogP contribution in [-0.4, -0.2) is 35.5 Å². The van der Waals surface area contributed by atoms with Gasteiger partial charge >= 0.3 is 5.97 Å². The smallest absolute Gasteiger partial charge is 0.326 e. The van der Waals surface area contributed by atoms with Crippen LogP contribution in [-0.2, 0) is 20.8 Å². The van der Waals surface area contributed by atoms with Crippen LogP contribution < -0.4 is 10.6 Å². The second kappa shape index (κ2) is 10.0. The van der Waals surface area contributed by atoms with Crippen LogP contribution in [0.1, 0.15) is 32.8 Å². The fraction of sp³-hybridized carbons (Fsp3) is 0.500. The molecule has 1 rings (SSSR count). The van der Waals surface area contributed by atoms with Crippen molar-refractivity contribution in [1.82, 2.24) is 10.6 Å². The van der Waals surface area contributed by atoms with Crippen molar-refractivity contribution in [1.29, 1.82) is 0 Å². The third-order valence-electron chi connectivity index (χ3n) is 3.64. The molecule has 1 aromatic rings. The number of hydrogen-bond donors (Lipinski definition) is 3. The summed E-state index contributed by atoms with van der Waals surface area (Å²) in [5.74, 6) is -2.07. The molecule has 0 saturated carbocycles. The fourth-order valence-corrected chi connectivity index (χ4v) is 2.60. The summed E-state index contributed by atoms with van der Waals surface area (Å²) >= 11 is 5.92. The SMILES string of the molecule is CC(C)C[C@H](NC(=O)CNC(=O)C(C)Cc1cccc(Cl)c1)C(=O)O. The Morgan fingerprint density at radius 1 is 1.20 bits per heavy atom. The molecule has 0 spiro atoms. The average molecular weight is 369 g/mol. The number of hydrogen-bond acceptors (Lipinski definition) is 3. The number of rotatable bonds is 9. The van der Waals surface area contributed by atoms with Crippen molar-refractivity contribution in [3.05, 3.63) is 34.9 Å². The topological polar surface area (TPSA) is 95.5 Å². The number of nitrogens with one attached hydrogen (secondary N) is 2. The summed E-state index contributed by atoms with van der Waals surface area (Å²) in [7, 11) is 0. The fourth-order valence-electron chi connectivity index (χ4n) is 2.39. The minimum atomic E-state index is -1.08. The number of halogens is 1. The summed E-state index contributed by atoms with van der Waals surface area (Å²) in [4.78, 5) is 35.1. The minimum Gasteiger partial charge on any atom is -0.480 e. The standard InChI is InChI=1S/C18H25ClN2O4/c1-11(2)7-15(18(24)25)21-16(22)10-20-17(23)12(3)8-13-5-4-6-14(19)9-13/h4-6,9,11-12,15H,7-8,10H2,1-3H3,(H,20,23)(H,21,22)(H,24,25)/t12?,15-/m0/s1. The number of carbonyl (C=O) groups excluding carboxylic acids is 2. The van der Waals surface area contributed by atoms with Gasteiger partial charge in [-0.3, -0.25) is 9.59 Å². The van der Waals surface area contributed by atoms with Crippen molar-refractivity contribution in [3.8, 4) is 0 Å². The van der Waals surface area contributed by atoms with Crippen molar-refractivity contribution in [2.24, 2.45) is 11.8 Å². The first kappa shape index (κ1) is 21.0. The molecule has 2 amide bonds. The number of carbonyl (C=O) groups is 3. The average Bonchev–Trinajstić information content (AvgIpc) is 2.51. The predicted octanol–water partition coefficient (Wildman–Crippen LogP) is 2.25. The van der Waals surface area contributed by atoms with Crippen LogP contribution in [0.3, 0.4) is 0 Å². The Bertz CT molecular complexity index is 619. The molecule has 138 valence electrons. The van der Waals surface area contributed by atoms with E-state index in [1.54, 1.807) is 19.1 Å². The highest BCUT2D eigenvalue weighted by molar-refractivity contribution is 6.30. The van der Waals surface area contributed by atoms with Crippen molar-refractivity contribution in [2.45, 2.75) is 39.7 Å². The molecule has 25 heavy (non-hydrogen) atoms. The largest absolute Gasteiger partial charge is 0.480 e. The molecule has 3 N–H and O–H groups in total. The van der Waals surface area contributed by atoms with Crippen molar-refractivity contribution < 1.29 is 19.5 Å². The zero-order valence-electron chi connectivity index (χ0n) is 14.7. The first-order chi connectivity index (χ1) is 11.7. The van der Waals surface area contributed by atoms with Gasteiger partial charge in [0.05, 0.1) is 6.54 Å². The van der Waals surface area contributed by atoms with E-state index in [-0.39, 0.29) is 24.3 Å². The number of amides is 2. The van der Waals surface area contributed by atoms with Crippen LogP contribution in [0.25, 0.3) is 0 Å². The van der Waals surface area contributed by atoms with E-state index >= 15 is 0 Å². The van der Waals surface area contributed by atoms with Crippen LogP contribution in [0.2, 0.25) is 5.02 Å². The van der Waals surface area contributed by atoms with Crippen LogP contribution >= 0.6 is 11.6 Å². The summed E-state index contributed by atoms with van der Waals surface area (Å²) in [5.41, 5.74) is 0.933. The molecule has 7 heteroatoms. The molecule has 1 aromatic carbocycles. The molecule has 1 unspecified atom stereocenters. The lowest BCUT2D eigenvalue weighted by Crippen LogP contribution is -2.46. The van der Waals surface area contributed by atoms with Crippen molar-refractivity contribution in [2.75, 3.05) is 6.54 Å². The van der Waals surface area contributed by atoms with Gasteiger partial charge in [0.2, 0.25) is 11.8 Å². The van der Waals surface area contributed by atoms with Crippen molar-refractivity contribution in [3.63, 3.8) is 0 Å². The molecular weight excluding hydrogens is 344 g/mol. The lowest BCUT2D eigenvalue weighted by atomic mass is 10.0. The van der Waals surface area contributed by atoms with E-state index in [0.29, 0.717) is 17.9 Å². The summed E-state index contributed by atoms with van der Waals surface area (Å²) in [6.45, 7) is 5.26. The molecule has 0 bridgehead atoms. The molecule has 0 aliphatic heterocycles. The van der Waals surface area contributed by atoms with Crippen LogP contribution in [0, 0.1) is 11.8 Å². The maximum atomic E-state index is 12.1. The normalized spacial score (nSPS) is 13.2. The van der Waals surface area contributed by atoms with Gasteiger partial charge in [0.15, 0.2) is 0 Å². The lowest BCUT2D eigenvalue weighted by molar-refractivity contribution is -0.142. The highest BCUT2D eigenvalue weighted by Gasteiger charge is 2.21. The summed E-state index contributed by atoms with van der Waals surface area (Å²) in [6, 6.07) is 6.30. The van der Waals surface area contributed by atoms with Crippen LogP contribution in [0.15, 0.2) is 24.3 Å². The highest BCUT2D eigenvalue weighted by atomic mass is 35.5. The van der Waals surface area contributed by atoms with Crippen LogP contribution in [0.5, 0.6) is 0 Å². The van der Waals surface area contributed by atoms with Gasteiger partial charge in [-0.2, -0.15) is 0 Å². The second-order valence-electron chi connectivity index (χ2n) is 6.54. The molecular formula is C18H25ClN2O4. The maximum absolute atomic E-state index is 12.1. The van der Waals surface area contributed by atoms with Gasteiger partial charge in [-0.15, -0.1) is 0 Å². The Morgan fingerprint density at radius 2 is 1.88 bits per heavy atom. The third kappa shape index (κ3) is 8.03. The van der Waals surface area contributed by atoms with E-state index in [9.17, 15) is 14.4 Å². The molecule has 0 saturated heterocycles. The number of carboxylic acid groups (broad SMARTS) is 1. The van der Waals surface area contributed by atoms with E-state index in [4.69, 9.17) is 16.7 Å². The number of aliphatic carboxylic acids is 1. The third-order valence-corrected chi connectivity index (χ3v) is 3.88. The first-order valence-corrected chi connectivity index (χ1v) is 8.61. The quantitative estimate of drug-likeness (QED) is 0.623. The molecule has 0 fully saturated rings. The predicted molar refractivity (Wildman–Crippen MR) is 96.4 cm³/mol. The molecule has 0 heterocycles. The van der Waals surface area contributed by atoms with Crippen LogP contribution in [0.4, 0.5) is 0 Å². The highest BCUT2D eigenvalue weighted by Crippen LogP contribution is 2.14. The van der Waals surface area contributed by atoms with E-state index in [0.717, 1.165) is 5.56 Å². The number of carboxylic acids is 1.